The van der Waals surface area contributed by atoms with Crippen LogP contribution in [0.4, 0.5) is 0 Å². The van der Waals surface area contributed by atoms with E-state index in [9.17, 15) is 14.7 Å². The molecule has 1 unspecified atom stereocenters. The Hall–Kier alpha value is -3.56. The molecule has 2 fully saturated rings. The van der Waals surface area contributed by atoms with Crippen molar-refractivity contribution in [2.45, 2.75) is 46.1 Å². The number of hydrogen-bond acceptors (Lipinski definition) is 8. The fraction of sp³-hybridized carbons (Fsp3) is 0.500. The van der Waals surface area contributed by atoms with Crippen LogP contribution in [-0.4, -0.2) is 85.8 Å². The predicted octanol–water partition coefficient (Wildman–Crippen LogP) is 4.81. The van der Waals surface area contributed by atoms with Crippen LogP contribution in [0.3, 0.4) is 0 Å². The molecule has 9 heteroatoms. The molecule has 0 aliphatic carbocycles. The molecular formula is C32H42N2O7. The van der Waals surface area contributed by atoms with Crippen LogP contribution in [0.25, 0.3) is 5.76 Å². The Morgan fingerprint density at radius 2 is 1.63 bits per heavy atom. The first-order chi connectivity index (χ1) is 20.0. The number of aliphatic hydroxyl groups is 1. The average molecular weight is 567 g/mol. The Morgan fingerprint density at radius 1 is 0.902 bits per heavy atom. The van der Waals surface area contributed by atoms with E-state index in [-0.39, 0.29) is 11.3 Å². The zero-order valence-corrected chi connectivity index (χ0v) is 24.4. The van der Waals surface area contributed by atoms with E-state index in [0.717, 1.165) is 32.4 Å². The minimum Gasteiger partial charge on any atom is -0.507 e. The molecule has 4 rings (SSSR count). The second-order valence-corrected chi connectivity index (χ2v) is 10.1. The predicted molar refractivity (Wildman–Crippen MR) is 157 cm³/mol. The Labute approximate surface area is 242 Å². The number of amides is 1. The Balaban J connectivity index is 1.72. The lowest BCUT2D eigenvalue weighted by atomic mass is 9.95. The van der Waals surface area contributed by atoms with Gasteiger partial charge in [-0.1, -0.05) is 25.8 Å². The number of unbranched alkanes of at least 4 members (excludes halogenated alkanes) is 2. The van der Waals surface area contributed by atoms with Crippen molar-refractivity contribution in [1.82, 2.24) is 9.80 Å². The summed E-state index contributed by atoms with van der Waals surface area (Å²) < 4.78 is 22.9. The third kappa shape index (κ3) is 7.40. The van der Waals surface area contributed by atoms with Crippen molar-refractivity contribution < 1.29 is 33.6 Å². The molecule has 0 bridgehead atoms. The van der Waals surface area contributed by atoms with Crippen molar-refractivity contribution in [3.05, 3.63) is 59.2 Å². The van der Waals surface area contributed by atoms with Gasteiger partial charge in [0.1, 0.15) is 11.5 Å². The van der Waals surface area contributed by atoms with Gasteiger partial charge in [-0.2, -0.15) is 0 Å². The molecule has 0 spiro atoms. The lowest BCUT2D eigenvalue weighted by molar-refractivity contribution is -0.140. The third-order valence-corrected chi connectivity index (χ3v) is 7.33. The summed E-state index contributed by atoms with van der Waals surface area (Å²) in [4.78, 5) is 30.7. The number of rotatable bonds is 14. The third-order valence-electron chi connectivity index (χ3n) is 7.33. The molecule has 1 atom stereocenters. The highest BCUT2D eigenvalue weighted by atomic mass is 16.5. The van der Waals surface area contributed by atoms with Crippen molar-refractivity contribution in [2.24, 2.45) is 0 Å². The standard InChI is InChI=1S/C32H42N2O7/c1-4-7-8-19-41-26-14-11-24(22-27(26)40-6-3)29-28(30(35)23-9-12-25(13-10-23)39-5-2)31(36)32(37)34(29)16-15-33-17-20-38-21-18-33/h9-14,22,29,35H,4-8,15-21H2,1-3H3. The van der Waals surface area contributed by atoms with Crippen molar-refractivity contribution in [1.29, 1.82) is 0 Å². The van der Waals surface area contributed by atoms with Gasteiger partial charge in [-0.15, -0.1) is 0 Å². The van der Waals surface area contributed by atoms with E-state index < -0.39 is 17.7 Å². The smallest absolute Gasteiger partial charge is 0.295 e. The summed E-state index contributed by atoms with van der Waals surface area (Å²) in [6.45, 7) is 11.2. The normalized spacial score (nSPS) is 19.0. The number of carbonyl (C=O) groups is 2. The highest BCUT2D eigenvalue weighted by molar-refractivity contribution is 6.46. The van der Waals surface area contributed by atoms with Crippen LogP contribution < -0.4 is 14.2 Å². The van der Waals surface area contributed by atoms with E-state index in [1.54, 1.807) is 29.2 Å². The number of ether oxygens (including phenoxy) is 4. The Morgan fingerprint density at radius 3 is 2.32 bits per heavy atom. The molecule has 2 aliphatic rings. The molecule has 2 aromatic rings. The molecule has 2 aromatic carbocycles. The summed E-state index contributed by atoms with van der Waals surface area (Å²) in [5, 5.41) is 11.4. The minimum absolute atomic E-state index is 0.0557. The number of morpholine rings is 1. The SMILES string of the molecule is CCCCCOc1ccc(C2C(=C(O)c3ccc(OCC)cc3)C(=O)C(=O)N2CCN2CCOCC2)cc1OCC. The second kappa shape index (κ2) is 14.9. The lowest BCUT2D eigenvalue weighted by Gasteiger charge is -2.31. The van der Waals surface area contributed by atoms with E-state index in [4.69, 9.17) is 18.9 Å². The largest absolute Gasteiger partial charge is 0.507 e. The van der Waals surface area contributed by atoms with Gasteiger partial charge in [-0.25, -0.2) is 0 Å². The van der Waals surface area contributed by atoms with E-state index in [1.807, 2.05) is 32.0 Å². The number of benzene rings is 2. The molecule has 2 heterocycles. The van der Waals surface area contributed by atoms with Gasteiger partial charge in [0, 0.05) is 31.7 Å². The monoisotopic (exact) mass is 566 g/mol. The van der Waals surface area contributed by atoms with Crippen LogP contribution >= 0.6 is 0 Å². The van der Waals surface area contributed by atoms with Gasteiger partial charge in [-0.3, -0.25) is 14.5 Å². The van der Waals surface area contributed by atoms with Crippen molar-refractivity contribution in [3.63, 3.8) is 0 Å². The first kappa shape index (κ1) is 30.4. The fourth-order valence-electron chi connectivity index (χ4n) is 5.18. The van der Waals surface area contributed by atoms with Gasteiger partial charge in [-0.05, 0) is 62.2 Å². The second-order valence-electron chi connectivity index (χ2n) is 10.1. The van der Waals surface area contributed by atoms with Crippen molar-refractivity contribution in [3.8, 4) is 17.2 Å². The molecule has 9 nitrogen and oxygen atoms in total. The number of likely N-dealkylation sites (tertiary alicyclic amines) is 1. The lowest BCUT2D eigenvalue weighted by Crippen LogP contribution is -2.42. The zero-order chi connectivity index (χ0) is 29.2. The maximum Gasteiger partial charge on any atom is 0.295 e. The first-order valence-corrected chi connectivity index (χ1v) is 14.7. The maximum atomic E-state index is 13.5. The highest BCUT2D eigenvalue weighted by Gasteiger charge is 2.46. The molecular weight excluding hydrogens is 524 g/mol. The van der Waals surface area contributed by atoms with Crippen LogP contribution in [0.2, 0.25) is 0 Å². The summed E-state index contributed by atoms with van der Waals surface area (Å²) >= 11 is 0. The summed E-state index contributed by atoms with van der Waals surface area (Å²) in [5.41, 5.74) is 1.16. The molecule has 41 heavy (non-hydrogen) atoms. The summed E-state index contributed by atoms with van der Waals surface area (Å²) in [6.07, 6.45) is 3.11. The van der Waals surface area contributed by atoms with Gasteiger partial charge >= 0.3 is 0 Å². The van der Waals surface area contributed by atoms with Crippen LogP contribution in [-0.2, 0) is 14.3 Å². The molecule has 1 amide bonds. The van der Waals surface area contributed by atoms with Crippen LogP contribution in [0.1, 0.15) is 57.2 Å². The van der Waals surface area contributed by atoms with E-state index >= 15 is 0 Å². The minimum atomic E-state index is -0.782. The summed E-state index contributed by atoms with van der Waals surface area (Å²) in [6, 6.07) is 11.6. The maximum absolute atomic E-state index is 13.5. The molecule has 0 saturated carbocycles. The van der Waals surface area contributed by atoms with Crippen LogP contribution in [0.5, 0.6) is 17.2 Å². The number of nitrogens with zero attached hydrogens (tertiary/aromatic N) is 2. The van der Waals surface area contributed by atoms with Crippen LogP contribution in [0.15, 0.2) is 48.0 Å². The number of carbonyl (C=O) groups excluding carboxylic acids is 2. The van der Waals surface area contributed by atoms with Gasteiger partial charge in [0.05, 0.1) is 44.6 Å². The zero-order valence-electron chi connectivity index (χ0n) is 24.4. The molecule has 2 aliphatic heterocycles. The van der Waals surface area contributed by atoms with E-state index in [0.29, 0.717) is 74.5 Å². The summed E-state index contributed by atoms with van der Waals surface area (Å²) in [5.74, 6) is 0.255. The quantitative estimate of drug-likeness (QED) is 0.151. The highest BCUT2D eigenvalue weighted by Crippen LogP contribution is 2.42. The van der Waals surface area contributed by atoms with Gasteiger partial charge in [0.25, 0.3) is 11.7 Å². The van der Waals surface area contributed by atoms with Gasteiger partial charge in [0.2, 0.25) is 0 Å². The van der Waals surface area contributed by atoms with E-state index in [1.165, 1.54) is 0 Å². The molecule has 1 N–H and O–H groups in total. The number of hydrogen-bond donors (Lipinski definition) is 1. The molecule has 0 aromatic heterocycles. The number of Topliss-reactive ketones (excluding diaryl/α,β-unsaturated/α-hetero) is 1. The first-order valence-electron chi connectivity index (χ1n) is 14.7. The molecule has 222 valence electrons. The molecule has 2 saturated heterocycles. The fourth-order valence-corrected chi connectivity index (χ4v) is 5.18. The number of aliphatic hydroxyl groups excluding tert-OH is 1. The molecule has 0 radical (unpaired) electrons. The van der Waals surface area contributed by atoms with Crippen molar-refractivity contribution in [2.75, 3.05) is 59.2 Å². The van der Waals surface area contributed by atoms with Gasteiger partial charge < -0.3 is 29.0 Å². The summed E-state index contributed by atoms with van der Waals surface area (Å²) in [7, 11) is 0. The van der Waals surface area contributed by atoms with Gasteiger partial charge in [0.15, 0.2) is 11.5 Å². The van der Waals surface area contributed by atoms with E-state index in [2.05, 4.69) is 11.8 Å². The van der Waals surface area contributed by atoms with Crippen LogP contribution in [0, 0.1) is 0 Å². The number of ketones is 1. The van der Waals surface area contributed by atoms with Crippen molar-refractivity contribution >= 4 is 17.4 Å². The average Bonchev–Trinajstić information content (AvgIpc) is 3.24. The Kier molecular flexibility index (Phi) is 11.0. The Bertz CT molecular complexity index is 1210. The topological polar surface area (TPSA) is 97.8 Å².